The lowest BCUT2D eigenvalue weighted by molar-refractivity contribution is -0.284. The smallest absolute Gasteiger partial charge is 0.396 e. The van der Waals surface area contributed by atoms with Gasteiger partial charge in [-0.2, -0.15) is 43.9 Å². The quantitative estimate of drug-likeness (QED) is 0.281. The van der Waals surface area contributed by atoms with E-state index in [1.54, 1.807) is 0 Å². The minimum absolute atomic E-state index is 0.0360. The number of unbranched alkanes of at least 4 members (excludes halogenated alkanes) is 1. The minimum Gasteiger partial charge on any atom is -0.396 e. The molecule has 0 rings (SSSR count). The van der Waals surface area contributed by atoms with Gasteiger partial charge in [-0.05, 0) is 39.0 Å². The van der Waals surface area contributed by atoms with Gasteiger partial charge in [-0.25, -0.2) is 0 Å². The van der Waals surface area contributed by atoms with Crippen LogP contribution in [0.25, 0.3) is 0 Å². The van der Waals surface area contributed by atoms with E-state index in [2.05, 4.69) is 0 Å². The van der Waals surface area contributed by atoms with Crippen molar-refractivity contribution in [2.24, 2.45) is 0 Å². The highest BCUT2D eigenvalue weighted by Gasteiger charge is 2.56. The Labute approximate surface area is 150 Å². The average molecular weight is 508 g/mol. The summed E-state index contributed by atoms with van der Waals surface area (Å²) in [6.07, 6.45) is -13.1. The summed E-state index contributed by atoms with van der Waals surface area (Å²) in [5.74, 6) is -9.44. The molecule has 2 N–H and O–H groups in total. The number of rotatable bonds is 7. The van der Waals surface area contributed by atoms with Crippen molar-refractivity contribution in [3.8, 4) is 0 Å². The summed E-state index contributed by atoms with van der Waals surface area (Å²) in [5, 5.41) is 16.4. The van der Waals surface area contributed by atoms with E-state index in [0.717, 1.165) is 0 Å². The van der Waals surface area contributed by atoms with Crippen LogP contribution in [0.5, 0.6) is 0 Å². The van der Waals surface area contributed by atoms with Gasteiger partial charge in [0.05, 0.1) is 0 Å². The second-order valence-corrected chi connectivity index (χ2v) is 5.95. The molecule has 0 aliphatic heterocycles. The monoisotopic (exact) mass is 508 g/mol. The third kappa shape index (κ3) is 11.1. The third-order valence-electron chi connectivity index (χ3n) is 2.38. The van der Waals surface area contributed by atoms with E-state index >= 15 is 0 Å². The molecule has 25 heavy (non-hydrogen) atoms. The van der Waals surface area contributed by atoms with E-state index < -0.39 is 37.2 Å². The molecule has 0 unspecified atom stereocenters. The van der Waals surface area contributed by atoms with Crippen molar-refractivity contribution in [2.45, 2.75) is 49.9 Å². The molecule has 0 bridgehead atoms. The van der Waals surface area contributed by atoms with Gasteiger partial charge in [-0.3, -0.25) is 0 Å². The zero-order valence-electron chi connectivity index (χ0n) is 12.4. The van der Waals surface area contributed by atoms with Crippen LogP contribution in [-0.2, 0) is 0 Å². The van der Waals surface area contributed by atoms with Crippen molar-refractivity contribution in [1.29, 1.82) is 0 Å². The summed E-state index contributed by atoms with van der Waals surface area (Å²) in [7, 11) is 0. The van der Waals surface area contributed by atoms with E-state index in [4.69, 9.17) is 10.2 Å². The molecule has 13 heteroatoms. The Hall–Kier alpha value is -0.310. The molecule has 0 radical (unpaired) electrons. The van der Waals surface area contributed by atoms with Gasteiger partial charge in [0.1, 0.15) is 0 Å². The highest BCUT2D eigenvalue weighted by atomic mass is 127. The first-order valence-corrected chi connectivity index (χ1v) is 7.57. The first kappa shape index (κ1) is 26.9. The SMILES string of the molecule is OCC/C(I)=C/C(F)(F)C(F)(F)F.OCCCCC(F)(F)C(F)(F)F. The topological polar surface area (TPSA) is 40.5 Å². The molecule has 0 spiro atoms. The van der Waals surface area contributed by atoms with Crippen LogP contribution in [0.4, 0.5) is 43.9 Å². The molecule has 152 valence electrons. The van der Waals surface area contributed by atoms with Gasteiger partial charge in [-0.15, -0.1) is 0 Å². The maximum Gasteiger partial charge on any atom is 0.457 e. The Kier molecular flexibility index (Phi) is 11.6. The summed E-state index contributed by atoms with van der Waals surface area (Å²) in [6, 6.07) is 0. The third-order valence-corrected chi connectivity index (χ3v) is 3.23. The van der Waals surface area contributed by atoms with Gasteiger partial charge in [0.15, 0.2) is 0 Å². The Morgan fingerprint density at radius 3 is 1.56 bits per heavy atom. The molecule has 2 nitrogen and oxygen atoms in total. The summed E-state index contributed by atoms with van der Waals surface area (Å²) in [4.78, 5) is 0. The van der Waals surface area contributed by atoms with Crippen molar-refractivity contribution in [3.05, 3.63) is 9.66 Å². The molecular formula is C12H15F10IO2. The molecule has 0 saturated heterocycles. The molecule has 0 fully saturated rings. The lowest BCUT2D eigenvalue weighted by Gasteiger charge is -2.18. The van der Waals surface area contributed by atoms with Crippen LogP contribution in [-0.4, -0.2) is 47.6 Å². The lowest BCUT2D eigenvalue weighted by Crippen LogP contribution is -2.36. The maximum absolute atomic E-state index is 12.2. The van der Waals surface area contributed by atoms with Gasteiger partial charge in [0, 0.05) is 32.1 Å². The van der Waals surface area contributed by atoms with Crippen LogP contribution in [0.15, 0.2) is 9.66 Å². The van der Waals surface area contributed by atoms with Crippen molar-refractivity contribution in [2.75, 3.05) is 13.2 Å². The largest absolute Gasteiger partial charge is 0.457 e. The van der Waals surface area contributed by atoms with Gasteiger partial charge < -0.3 is 10.2 Å². The summed E-state index contributed by atoms with van der Waals surface area (Å²) >= 11 is 1.33. The molecular weight excluding hydrogens is 493 g/mol. The standard InChI is InChI=1S/C6H6F5IO.C6H9F5O/c7-5(8,6(9,10)11)3-4(12)1-2-13;7-5(8,6(9,10)11)3-1-2-4-12/h3,13H,1-2H2;12H,1-4H2/b4-3-;. The Morgan fingerprint density at radius 2 is 1.24 bits per heavy atom. The molecule has 0 saturated carbocycles. The summed E-state index contributed by atoms with van der Waals surface area (Å²) in [6.45, 7) is -0.823. The fourth-order valence-electron chi connectivity index (χ4n) is 1.06. The van der Waals surface area contributed by atoms with Crippen LogP contribution in [0, 0.1) is 0 Å². The number of hydrogen-bond donors (Lipinski definition) is 2. The lowest BCUT2D eigenvalue weighted by atomic mass is 10.1. The fraction of sp³-hybridized carbons (Fsp3) is 0.833. The molecule has 0 aromatic rings. The van der Waals surface area contributed by atoms with Crippen molar-refractivity contribution in [3.63, 3.8) is 0 Å². The molecule has 0 atom stereocenters. The second-order valence-electron chi connectivity index (χ2n) is 4.57. The Morgan fingerprint density at radius 1 is 0.760 bits per heavy atom. The average Bonchev–Trinajstić information content (AvgIpc) is 2.36. The first-order chi connectivity index (χ1) is 11.0. The van der Waals surface area contributed by atoms with Gasteiger partial charge in [-0.1, -0.05) is 0 Å². The van der Waals surface area contributed by atoms with E-state index in [1.807, 2.05) is 0 Å². The van der Waals surface area contributed by atoms with Crippen LogP contribution in [0.1, 0.15) is 25.7 Å². The molecule has 0 aliphatic rings. The molecule has 0 amide bonds. The van der Waals surface area contributed by atoms with Crippen molar-refractivity contribution in [1.82, 2.24) is 0 Å². The number of allylic oxidation sites excluding steroid dienone is 1. The van der Waals surface area contributed by atoms with Crippen molar-refractivity contribution < 1.29 is 54.1 Å². The zero-order chi connectivity index (χ0) is 20.5. The van der Waals surface area contributed by atoms with Gasteiger partial charge in [0.25, 0.3) is 0 Å². The normalized spacial score (nSPS) is 14.2. The number of alkyl halides is 10. The van der Waals surface area contributed by atoms with Gasteiger partial charge >= 0.3 is 24.2 Å². The summed E-state index contributed by atoms with van der Waals surface area (Å²) < 4.78 is 117. The Balaban J connectivity index is 0. The number of aliphatic hydroxyl groups excluding tert-OH is 2. The van der Waals surface area contributed by atoms with E-state index in [1.165, 1.54) is 22.6 Å². The maximum atomic E-state index is 12.2. The fourth-order valence-corrected chi connectivity index (χ4v) is 1.69. The van der Waals surface area contributed by atoms with Crippen LogP contribution in [0.3, 0.4) is 0 Å². The van der Waals surface area contributed by atoms with E-state index in [-0.39, 0.29) is 35.5 Å². The Bertz CT molecular complexity index is 404. The van der Waals surface area contributed by atoms with E-state index in [0.29, 0.717) is 0 Å². The van der Waals surface area contributed by atoms with E-state index in [9.17, 15) is 43.9 Å². The highest BCUT2D eigenvalue weighted by molar-refractivity contribution is 14.1. The highest BCUT2D eigenvalue weighted by Crippen LogP contribution is 2.39. The second kappa shape index (κ2) is 10.7. The zero-order valence-corrected chi connectivity index (χ0v) is 14.5. The van der Waals surface area contributed by atoms with Crippen LogP contribution >= 0.6 is 22.6 Å². The first-order valence-electron chi connectivity index (χ1n) is 6.50. The molecule has 0 heterocycles. The number of hydrogen-bond acceptors (Lipinski definition) is 2. The van der Waals surface area contributed by atoms with Crippen LogP contribution < -0.4 is 0 Å². The van der Waals surface area contributed by atoms with Crippen LogP contribution in [0.2, 0.25) is 0 Å². The molecule has 0 aliphatic carbocycles. The predicted molar refractivity (Wildman–Crippen MR) is 76.7 cm³/mol. The number of aliphatic hydroxyl groups is 2. The molecule has 0 aromatic carbocycles. The summed E-state index contributed by atoms with van der Waals surface area (Å²) in [5.41, 5.74) is 0. The number of halogens is 11. The minimum atomic E-state index is -5.57. The predicted octanol–water partition coefficient (Wildman–Crippen LogP) is 5.23. The molecule has 0 aromatic heterocycles. The van der Waals surface area contributed by atoms with Gasteiger partial charge in [0.2, 0.25) is 0 Å². The van der Waals surface area contributed by atoms with Crippen molar-refractivity contribution >= 4 is 22.6 Å².